The van der Waals surface area contributed by atoms with Gasteiger partial charge in [0.2, 0.25) is 0 Å². The van der Waals surface area contributed by atoms with E-state index in [9.17, 15) is 0 Å². The van der Waals surface area contributed by atoms with E-state index in [2.05, 4.69) is 30.5 Å². The molecule has 2 unspecified atom stereocenters. The second-order valence-electron chi connectivity index (χ2n) is 4.70. The van der Waals surface area contributed by atoms with Crippen molar-refractivity contribution in [2.75, 3.05) is 0 Å². The third-order valence-corrected chi connectivity index (χ3v) is 3.19. The molecule has 2 rings (SSSR count). The highest BCUT2D eigenvalue weighted by molar-refractivity contribution is 5.52. The SMILES string of the molecule is CC1CCCC(/C=C/c2cccc(C#N)c2)N1. The normalized spacial score (nSPS) is 24.7. The number of hydrogen-bond donors (Lipinski definition) is 1. The number of nitrogens with zero attached hydrogens (tertiary/aromatic N) is 1. The fourth-order valence-electron chi connectivity index (χ4n) is 2.27. The average molecular weight is 226 g/mol. The molecule has 2 heteroatoms. The zero-order chi connectivity index (χ0) is 12.1. The predicted octanol–water partition coefficient (Wildman–Crippen LogP) is 3.10. The summed E-state index contributed by atoms with van der Waals surface area (Å²) in [6.45, 7) is 2.23. The van der Waals surface area contributed by atoms with Crippen LogP contribution in [0.3, 0.4) is 0 Å². The first-order valence-corrected chi connectivity index (χ1v) is 6.22. The highest BCUT2D eigenvalue weighted by Crippen LogP contribution is 2.14. The van der Waals surface area contributed by atoms with Crippen molar-refractivity contribution in [1.29, 1.82) is 5.26 Å². The first kappa shape index (κ1) is 11.9. The van der Waals surface area contributed by atoms with Crippen LogP contribution in [0.4, 0.5) is 0 Å². The van der Waals surface area contributed by atoms with Crippen LogP contribution in [0.15, 0.2) is 30.3 Å². The molecule has 1 aliphatic heterocycles. The number of nitriles is 1. The van der Waals surface area contributed by atoms with Crippen LogP contribution in [-0.4, -0.2) is 12.1 Å². The molecule has 1 aromatic carbocycles. The minimum absolute atomic E-state index is 0.476. The Hall–Kier alpha value is -1.59. The van der Waals surface area contributed by atoms with Crippen LogP contribution in [0.5, 0.6) is 0 Å². The van der Waals surface area contributed by atoms with E-state index < -0.39 is 0 Å². The molecule has 0 radical (unpaired) electrons. The quantitative estimate of drug-likeness (QED) is 0.841. The van der Waals surface area contributed by atoms with Gasteiger partial charge in [-0.1, -0.05) is 30.7 Å². The van der Waals surface area contributed by atoms with Gasteiger partial charge in [-0.3, -0.25) is 0 Å². The largest absolute Gasteiger partial charge is 0.308 e. The third kappa shape index (κ3) is 3.44. The summed E-state index contributed by atoms with van der Waals surface area (Å²) in [6.07, 6.45) is 8.09. The van der Waals surface area contributed by atoms with E-state index in [0.29, 0.717) is 12.1 Å². The summed E-state index contributed by atoms with van der Waals surface area (Å²) in [6, 6.07) is 11.0. The first-order valence-electron chi connectivity index (χ1n) is 6.22. The van der Waals surface area contributed by atoms with E-state index in [0.717, 1.165) is 11.1 Å². The van der Waals surface area contributed by atoms with Crippen LogP contribution in [0.25, 0.3) is 6.08 Å². The van der Waals surface area contributed by atoms with Crippen molar-refractivity contribution in [2.24, 2.45) is 0 Å². The lowest BCUT2D eigenvalue weighted by Crippen LogP contribution is -2.39. The summed E-state index contributed by atoms with van der Waals surface area (Å²) >= 11 is 0. The maximum absolute atomic E-state index is 8.83. The molecule has 0 aromatic heterocycles. The van der Waals surface area contributed by atoms with E-state index in [4.69, 9.17) is 5.26 Å². The van der Waals surface area contributed by atoms with E-state index in [-0.39, 0.29) is 0 Å². The standard InChI is InChI=1S/C15H18N2/c1-12-4-2-7-15(17-12)9-8-13-5-3-6-14(10-13)11-16/h3,5-6,8-10,12,15,17H,2,4,7H2,1H3/b9-8+. The van der Waals surface area contributed by atoms with Crippen molar-refractivity contribution >= 4 is 6.08 Å². The van der Waals surface area contributed by atoms with Crippen LogP contribution < -0.4 is 5.32 Å². The zero-order valence-corrected chi connectivity index (χ0v) is 10.2. The molecule has 2 nitrogen and oxygen atoms in total. The lowest BCUT2D eigenvalue weighted by molar-refractivity contribution is 0.375. The van der Waals surface area contributed by atoms with E-state index in [1.165, 1.54) is 19.3 Å². The highest BCUT2D eigenvalue weighted by Gasteiger charge is 2.14. The molecule has 0 aliphatic carbocycles. The number of benzene rings is 1. The maximum Gasteiger partial charge on any atom is 0.0991 e. The number of rotatable bonds is 2. The topological polar surface area (TPSA) is 35.8 Å². The van der Waals surface area contributed by atoms with Crippen molar-refractivity contribution < 1.29 is 0 Å². The summed E-state index contributed by atoms with van der Waals surface area (Å²) in [7, 11) is 0. The summed E-state index contributed by atoms with van der Waals surface area (Å²) in [5.41, 5.74) is 1.82. The number of piperidine rings is 1. The fourth-order valence-corrected chi connectivity index (χ4v) is 2.27. The van der Waals surface area contributed by atoms with E-state index in [1.807, 2.05) is 24.3 Å². The molecule has 0 amide bonds. The molecule has 0 saturated carbocycles. The van der Waals surface area contributed by atoms with Crippen LogP contribution in [0.1, 0.15) is 37.3 Å². The Kier molecular flexibility index (Phi) is 3.95. The summed E-state index contributed by atoms with van der Waals surface area (Å²) in [4.78, 5) is 0. The minimum atomic E-state index is 0.476. The molecule has 1 aromatic rings. The van der Waals surface area contributed by atoms with Crippen LogP contribution >= 0.6 is 0 Å². The van der Waals surface area contributed by atoms with Gasteiger partial charge in [0.15, 0.2) is 0 Å². The number of hydrogen-bond acceptors (Lipinski definition) is 2. The van der Waals surface area contributed by atoms with Gasteiger partial charge in [0.05, 0.1) is 11.6 Å². The molecular weight excluding hydrogens is 208 g/mol. The van der Waals surface area contributed by atoms with E-state index in [1.54, 1.807) is 0 Å². The lowest BCUT2D eigenvalue weighted by Gasteiger charge is -2.26. The first-order chi connectivity index (χ1) is 8.28. The summed E-state index contributed by atoms with van der Waals surface area (Å²) in [5, 5.41) is 12.4. The van der Waals surface area contributed by atoms with Crippen molar-refractivity contribution in [3.05, 3.63) is 41.5 Å². The zero-order valence-electron chi connectivity index (χ0n) is 10.2. The Labute approximate surface area is 103 Å². The monoisotopic (exact) mass is 226 g/mol. The lowest BCUT2D eigenvalue weighted by atomic mass is 9.98. The van der Waals surface area contributed by atoms with Gasteiger partial charge in [0, 0.05) is 12.1 Å². The van der Waals surface area contributed by atoms with Gasteiger partial charge in [-0.15, -0.1) is 0 Å². The molecule has 1 aliphatic rings. The molecule has 1 N–H and O–H groups in total. The van der Waals surface area contributed by atoms with Crippen molar-refractivity contribution in [2.45, 2.75) is 38.3 Å². The smallest absolute Gasteiger partial charge is 0.0991 e. The van der Waals surface area contributed by atoms with Crippen molar-refractivity contribution in [1.82, 2.24) is 5.32 Å². The minimum Gasteiger partial charge on any atom is -0.308 e. The summed E-state index contributed by atoms with van der Waals surface area (Å²) in [5.74, 6) is 0. The Morgan fingerprint density at radius 2 is 2.29 bits per heavy atom. The van der Waals surface area contributed by atoms with E-state index >= 15 is 0 Å². The Morgan fingerprint density at radius 3 is 3.06 bits per heavy atom. The molecule has 1 saturated heterocycles. The van der Waals surface area contributed by atoms with Crippen LogP contribution in [-0.2, 0) is 0 Å². The van der Waals surface area contributed by atoms with Gasteiger partial charge in [-0.2, -0.15) is 5.26 Å². The van der Waals surface area contributed by atoms with Crippen LogP contribution in [0.2, 0.25) is 0 Å². The molecule has 88 valence electrons. The summed E-state index contributed by atoms with van der Waals surface area (Å²) < 4.78 is 0. The van der Waals surface area contributed by atoms with Gasteiger partial charge in [-0.05, 0) is 37.5 Å². The van der Waals surface area contributed by atoms with Crippen molar-refractivity contribution in [3.63, 3.8) is 0 Å². The van der Waals surface area contributed by atoms with Crippen molar-refractivity contribution in [3.8, 4) is 6.07 Å². The van der Waals surface area contributed by atoms with Gasteiger partial charge in [0.1, 0.15) is 0 Å². The second-order valence-corrected chi connectivity index (χ2v) is 4.70. The second kappa shape index (κ2) is 5.65. The average Bonchev–Trinajstić information content (AvgIpc) is 2.37. The molecule has 1 fully saturated rings. The Balaban J connectivity index is 2.02. The van der Waals surface area contributed by atoms with Gasteiger partial charge in [-0.25, -0.2) is 0 Å². The Bertz CT molecular complexity index is 442. The van der Waals surface area contributed by atoms with Gasteiger partial charge < -0.3 is 5.32 Å². The van der Waals surface area contributed by atoms with Gasteiger partial charge >= 0.3 is 0 Å². The molecule has 17 heavy (non-hydrogen) atoms. The molecule has 0 spiro atoms. The molecule has 1 heterocycles. The van der Waals surface area contributed by atoms with Crippen LogP contribution in [0, 0.1) is 11.3 Å². The number of nitrogens with one attached hydrogen (secondary N) is 1. The fraction of sp³-hybridized carbons (Fsp3) is 0.400. The maximum atomic E-state index is 8.83. The highest BCUT2D eigenvalue weighted by atomic mass is 14.9. The molecule has 0 bridgehead atoms. The molecule has 2 atom stereocenters. The Morgan fingerprint density at radius 1 is 1.41 bits per heavy atom. The van der Waals surface area contributed by atoms with Gasteiger partial charge in [0.25, 0.3) is 0 Å². The predicted molar refractivity (Wildman–Crippen MR) is 70.4 cm³/mol. The third-order valence-electron chi connectivity index (χ3n) is 3.19. The molecular formula is C15H18N2.